The second-order valence-electron chi connectivity index (χ2n) is 8.14. The number of primary amides is 1. The predicted molar refractivity (Wildman–Crippen MR) is 118 cm³/mol. The minimum Gasteiger partial charge on any atom is -0.481 e. The molecule has 1 saturated heterocycles. The van der Waals surface area contributed by atoms with E-state index in [1.165, 1.54) is 4.90 Å². The molecule has 4 atom stereocenters. The fraction of sp³-hybridized carbons (Fsp3) is 0.700. The fourth-order valence-electron chi connectivity index (χ4n) is 3.65. The van der Waals surface area contributed by atoms with Crippen LogP contribution in [0.1, 0.15) is 51.4 Å². The van der Waals surface area contributed by atoms with Crippen LogP contribution < -0.4 is 27.8 Å². The smallest absolute Gasteiger partial charge is 0.326 e. The fourth-order valence-corrected chi connectivity index (χ4v) is 3.65. The molecule has 0 aromatic rings. The Kier molecular flexibility index (Phi) is 11.9. The average Bonchev–Trinajstić information content (AvgIpc) is 3.24. The largest absolute Gasteiger partial charge is 0.481 e. The molecular formula is C20H34N6O8. The maximum absolute atomic E-state index is 13.0. The highest BCUT2D eigenvalue weighted by Crippen LogP contribution is 2.19. The number of carboxylic acids is 2. The van der Waals surface area contributed by atoms with E-state index in [4.69, 9.17) is 22.3 Å². The SMILES string of the molecule is NCCCCC(NC(=O)C1CCCN1C(=O)C(N)CC(N)=O)C(=O)NC(CCC(=O)O)C(=O)O. The van der Waals surface area contributed by atoms with Crippen molar-refractivity contribution < 1.29 is 39.0 Å². The molecule has 1 rings (SSSR count). The summed E-state index contributed by atoms with van der Waals surface area (Å²) < 4.78 is 0. The van der Waals surface area contributed by atoms with Crippen molar-refractivity contribution >= 4 is 35.6 Å². The summed E-state index contributed by atoms with van der Waals surface area (Å²) in [7, 11) is 0. The molecule has 1 aliphatic rings. The van der Waals surface area contributed by atoms with Crippen molar-refractivity contribution in [3.05, 3.63) is 0 Å². The highest BCUT2D eigenvalue weighted by atomic mass is 16.4. The molecular weight excluding hydrogens is 452 g/mol. The Balaban J connectivity index is 2.91. The van der Waals surface area contributed by atoms with Gasteiger partial charge in [0.1, 0.15) is 18.1 Å². The van der Waals surface area contributed by atoms with Crippen LogP contribution in [0.4, 0.5) is 0 Å². The quantitative estimate of drug-likeness (QED) is 0.117. The summed E-state index contributed by atoms with van der Waals surface area (Å²) in [5.41, 5.74) is 16.3. The number of nitrogens with one attached hydrogen (secondary N) is 2. The zero-order valence-corrected chi connectivity index (χ0v) is 18.9. The van der Waals surface area contributed by atoms with E-state index in [2.05, 4.69) is 10.6 Å². The third kappa shape index (κ3) is 9.31. The van der Waals surface area contributed by atoms with Gasteiger partial charge < -0.3 is 42.9 Å². The zero-order chi connectivity index (χ0) is 25.8. The van der Waals surface area contributed by atoms with Gasteiger partial charge >= 0.3 is 11.9 Å². The molecule has 0 radical (unpaired) electrons. The van der Waals surface area contributed by atoms with Crippen LogP contribution in [0.25, 0.3) is 0 Å². The van der Waals surface area contributed by atoms with Gasteiger partial charge in [0.25, 0.3) is 0 Å². The van der Waals surface area contributed by atoms with Crippen molar-refractivity contribution in [3.63, 3.8) is 0 Å². The number of unbranched alkanes of at least 4 members (excludes halogenated alkanes) is 1. The maximum Gasteiger partial charge on any atom is 0.326 e. The van der Waals surface area contributed by atoms with Gasteiger partial charge in [0, 0.05) is 13.0 Å². The summed E-state index contributed by atoms with van der Waals surface area (Å²) in [6.07, 6.45) is 0.814. The molecule has 0 saturated carbocycles. The van der Waals surface area contributed by atoms with Crippen LogP contribution in [-0.4, -0.2) is 87.9 Å². The Hall–Kier alpha value is -3.26. The summed E-state index contributed by atoms with van der Waals surface area (Å²) in [6, 6.07) is -4.69. The summed E-state index contributed by atoms with van der Waals surface area (Å²) >= 11 is 0. The average molecular weight is 487 g/mol. The van der Waals surface area contributed by atoms with Gasteiger partial charge in [-0.3, -0.25) is 24.0 Å². The number of likely N-dealkylation sites (tertiary alicyclic amines) is 1. The van der Waals surface area contributed by atoms with Gasteiger partial charge in [-0.25, -0.2) is 4.79 Å². The zero-order valence-electron chi connectivity index (χ0n) is 18.9. The van der Waals surface area contributed by atoms with E-state index in [0.29, 0.717) is 32.2 Å². The van der Waals surface area contributed by atoms with Gasteiger partial charge in [-0.2, -0.15) is 0 Å². The third-order valence-corrected chi connectivity index (χ3v) is 5.42. The number of carbonyl (C=O) groups excluding carboxylic acids is 4. The van der Waals surface area contributed by atoms with Gasteiger partial charge in [-0.15, -0.1) is 0 Å². The van der Waals surface area contributed by atoms with Crippen LogP contribution in [0.15, 0.2) is 0 Å². The van der Waals surface area contributed by atoms with Gasteiger partial charge in [0.15, 0.2) is 0 Å². The van der Waals surface area contributed by atoms with Crippen LogP contribution in [0.2, 0.25) is 0 Å². The molecule has 1 heterocycles. The Morgan fingerprint density at radius 2 is 1.68 bits per heavy atom. The lowest BCUT2D eigenvalue weighted by Gasteiger charge is -2.28. The predicted octanol–water partition coefficient (Wildman–Crippen LogP) is -2.77. The molecule has 10 N–H and O–H groups in total. The monoisotopic (exact) mass is 486 g/mol. The lowest BCUT2D eigenvalue weighted by molar-refractivity contribution is -0.144. The molecule has 1 aliphatic heterocycles. The number of carboxylic acid groups (broad SMARTS) is 2. The first kappa shape index (κ1) is 28.8. The van der Waals surface area contributed by atoms with Crippen LogP contribution in [-0.2, 0) is 28.8 Å². The normalized spacial score (nSPS) is 17.9. The lowest BCUT2D eigenvalue weighted by atomic mass is 10.1. The van der Waals surface area contributed by atoms with Crippen molar-refractivity contribution in [2.75, 3.05) is 13.1 Å². The molecule has 0 spiro atoms. The highest BCUT2D eigenvalue weighted by Gasteiger charge is 2.38. The lowest BCUT2D eigenvalue weighted by Crippen LogP contribution is -2.56. The van der Waals surface area contributed by atoms with Gasteiger partial charge in [-0.1, -0.05) is 0 Å². The first-order chi connectivity index (χ1) is 16.0. The standard InChI is InChI=1S/C20H34N6O8/c21-8-2-1-4-12(17(30)25-13(20(33)34)6-7-16(28)29)24-18(31)14-5-3-9-26(14)19(32)11(22)10-15(23)27/h11-14H,1-10,21-22H2,(H2,23,27)(H,24,31)(H,25,30)(H,28,29)(H,33,34). The van der Waals surface area contributed by atoms with Crippen LogP contribution in [0.3, 0.4) is 0 Å². The van der Waals surface area contributed by atoms with Gasteiger partial charge in [0.2, 0.25) is 23.6 Å². The minimum atomic E-state index is -1.45. The molecule has 14 heteroatoms. The molecule has 1 fully saturated rings. The third-order valence-electron chi connectivity index (χ3n) is 5.42. The molecule has 34 heavy (non-hydrogen) atoms. The molecule has 192 valence electrons. The van der Waals surface area contributed by atoms with Crippen molar-refractivity contribution in [1.29, 1.82) is 0 Å². The van der Waals surface area contributed by atoms with Gasteiger partial charge in [-0.05, 0) is 45.1 Å². The second kappa shape index (κ2) is 14.1. The van der Waals surface area contributed by atoms with Crippen molar-refractivity contribution in [1.82, 2.24) is 15.5 Å². The van der Waals surface area contributed by atoms with Crippen molar-refractivity contribution in [2.24, 2.45) is 17.2 Å². The Bertz CT molecular complexity index is 776. The van der Waals surface area contributed by atoms with Crippen molar-refractivity contribution in [3.8, 4) is 0 Å². The van der Waals surface area contributed by atoms with E-state index in [9.17, 15) is 33.9 Å². The number of hydrogen-bond acceptors (Lipinski definition) is 8. The number of nitrogens with two attached hydrogens (primary N) is 3. The summed E-state index contributed by atoms with van der Waals surface area (Å²) in [6.45, 7) is 0.588. The van der Waals surface area contributed by atoms with E-state index in [0.717, 1.165) is 0 Å². The number of nitrogens with zero attached hydrogens (tertiary/aromatic N) is 1. The number of amides is 4. The number of rotatable bonds is 15. The number of carbonyl (C=O) groups is 6. The van der Waals surface area contributed by atoms with Gasteiger partial charge in [0.05, 0.1) is 12.5 Å². The van der Waals surface area contributed by atoms with E-state index in [-0.39, 0.29) is 25.8 Å². The number of hydrogen-bond donors (Lipinski definition) is 7. The van der Waals surface area contributed by atoms with Crippen LogP contribution in [0.5, 0.6) is 0 Å². The topological polar surface area (TPSA) is 248 Å². The van der Waals surface area contributed by atoms with E-state index in [1.54, 1.807) is 0 Å². The van der Waals surface area contributed by atoms with E-state index >= 15 is 0 Å². The molecule has 4 amide bonds. The molecule has 4 unspecified atom stereocenters. The first-order valence-corrected chi connectivity index (χ1v) is 11.1. The highest BCUT2D eigenvalue weighted by molar-refractivity contribution is 5.95. The molecule has 14 nitrogen and oxygen atoms in total. The second-order valence-corrected chi connectivity index (χ2v) is 8.14. The Morgan fingerprint density at radius 3 is 2.24 bits per heavy atom. The van der Waals surface area contributed by atoms with E-state index < -0.39 is 66.2 Å². The maximum atomic E-state index is 13.0. The molecule has 0 aromatic heterocycles. The van der Waals surface area contributed by atoms with Crippen molar-refractivity contribution in [2.45, 2.75) is 75.5 Å². The Labute approximate surface area is 196 Å². The number of aliphatic carboxylic acids is 2. The van der Waals surface area contributed by atoms with Crippen LogP contribution >= 0.6 is 0 Å². The summed E-state index contributed by atoms with van der Waals surface area (Å²) in [4.78, 5) is 72.8. The van der Waals surface area contributed by atoms with Crippen LogP contribution in [0, 0.1) is 0 Å². The Morgan fingerprint density at radius 1 is 1.00 bits per heavy atom. The minimum absolute atomic E-state index is 0.155. The molecule has 0 aromatic carbocycles. The first-order valence-electron chi connectivity index (χ1n) is 11.1. The molecule has 0 aliphatic carbocycles. The summed E-state index contributed by atoms with van der Waals surface area (Å²) in [5, 5.41) is 22.9. The molecule has 0 bridgehead atoms. The van der Waals surface area contributed by atoms with E-state index in [1.807, 2.05) is 0 Å². The summed E-state index contributed by atoms with van der Waals surface area (Å²) in [5.74, 6) is -5.40.